The number of nitrogens with zero attached hydrogens (tertiary/aromatic N) is 4. The number of carbonyl (C=O) groups is 1. The van der Waals surface area contributed by atoms with Crippen LogP contribution < -0.4 is 5.73 Å². The first-order valence-corrected chi connectivity index (χ1v) is 8.46. The smallest absolute Gasteiger partial charge is 0.257 e. The van der Waals surface area contributed by atoms with E-state index in [1.54, 1.807) is 10.7 Å². The lowest BCUT2D eigenvalue weighted by Crippen LogP contribution is -2.33. The van der Waals surface area contributed by atoms with Gasteiger partial charge in [0.2, 0.25) is 0 Å². The maximum atomic E-state index is 13.0. The first kappa shape index (κ1) is 18.4. The van der Waals surface area contributed by atoms with Crippen LogP contribution in [0.15, 0.2) is 42.6 Å². The van der Waals surface area contributed by atoms with Crippen LogP contribution in [0.1, 0.15) is 33.2 Å². The molecule has 2 atom stereocenters. The standard InChI is InChI=1S/C19H21N5O.ClH/c1-12-8-18-21-9-15(13(2)24(18)22-12)19(25)23-10-16(17(20)11-23)14-6-4-3-5-7-14;/h3-9,16-17H,10-11,20H2,1-2H3;1H/t16-,17+;/m0./s1. The van der Waals surface area contributed by atoms with E-state index in [4.69, 9.17) is 5.73 Å². The van der Waals surface area contributed by atoms with Crippen molar-refractivity contribution in [3.05, 3.63) is 65.1 Å². The van der Waals surface area contributed by atoms with Crippen molar-refractivity contribution in [3.8, 4) is 0 Å². The van der Waals surface area contributed by atoms with Crippen molar-refractivity contribution >= 4 is 24.0 Å². The molecule has 1 fully saturated rings. The Morgan fingerprint density at radius 1 is 1.19 bits per heavy atom. The largest absolute Gasteiger partial charge is 0.336 e. The van der Waals surface area contributed by atoms with Gasteiger partial charge < -0.3 is 10.6 Å². The number of carbonyl (C=O) groups excluding carboxylic acids is 1. The number of aromatic nitrogens is 3. The van der Waals surface area contributed by atoms with Gasteiger partial charge in [-0.05, 0) is 19.4 Å². The lowest BCUT2D eigenvalue weighted by Gasteiger charge is -2.17. The van der Waals surface area contributed by atoms with E-state index in [1.165, 1.54) is 5.56 Å². The third-order valence-electron chi connectivity index (χ3n) is 4.96. The number of benzene rings is 1. The minimum Gasteiger partial charge on any atom is -0.336 e. The number of hydrogen-bond acceptors (Lipinski definition) is 4. The highest BCUT2D eigenvalue weighted by atomic mass is 35.5. The van der Waals surface area contributed by atoms with E-state index in [0.717, 1.165) is 17.0 Å². The minimum atomic E-state index is -0.0599. The van der Waals surface area contributed by atoms with Gasteiger partial charge in [0.25, 0.3) is 5.91 Å². The average Bonchev–Trinajstić information content (AvgIpc) is 3.18. The highest BCUT2D eigenvalue weighted by Gasteiger charge is 2.35. The molecule has 1 aliphatic heterocycles. The predicted octanol–water partition coefficient (Wildman–Crippen LogP) is 2.33. The van der Waals surface area contributed by atoms with E-state index in [1.807, 2.05) is 43.0 Å². The molecule has 0 saturated carbocycles. The van der Waals surface area contributed by atoms with Gasteiger partial charge in [-0.2, -0.15) is 5.10 Å². The summed E-state index contributed by atoms with van der Waals surface area (Å²) in [5.74, 6) is 0.128. The molecule has 6 nitrogen and oxygen atoms in total. The Bertz CT molecular complexity index is 940. The van der Waals surface area contributed by atoms with Crippen LogP contribution in [-0.4, -0.2) is 44.5 Å². The van der Waals surface area contributed by atoms with Crippen molar-refractivity contribution in [2.24, 2.45) is 5.73 Å². The summed E-state index contributed by atoms with van der Waals surface area (Å²) in [6, 6.07) is 12.0. The van der Waals surface area contributed by atoms with Crippen LogP contribution in [0.4, 0.5) is 0 Å². The van der Waals surface area contributed by atoms with Gasteiger partial charge in [-0.3, -0.25) is 4.79 Å². The molecule has 0 unspecified atom stereocenters. The molecule has 1 saturated heterocycles. The number of fused-ring (bicyclic) bond motifs is 1. The van der Waals surface area contributed by atoms with E-state index in [0.29, 0.717) is 18.7 Å². The Morgan fingerprint density at radius 3 is 2.65 bits per heavy atom. The molecule has 1 amide bonds. The quantitative estimate of drug-likeness (QED) is 0.750. The molecule has 2 aromatic heterocycles. The summed E-state index contributed by atoms with van der Waals surface area (Å²) >= 11 is 0. The summed E-state index contributed by atoms with van der Waals surface area (Å²) in [6.07, 6.45) is 1.65. The van der Waals surface area contributed by atoms with E-state index < -0.39 is 0 Å². The molecule has 0 bridgehead atoms. The van der Waals surface area contributed by atoms with Gasteiger partial charge in [-0.1, -0.05) is 30.3 Å². The lowest BCUT2D eigenvalue weighted by atomic mass is 9.95. The number of halogens is 1. The minimum absolute atomic E-state index is 0. The molecule has 3 aromatic rings. The van der Waals surface area contributed by atoms with Gasteiger partial charge in [0.15, 0.2) is 5.65 Å². The molecular weight excluding hydrogens is 350 g/mol. The molecule has 0 aliphatic carbocycles. The molecular formula is C19H22ClN5O. The topological polar surface area (TPSA) is 76.5 Å². The molecule has 26 heavy (non-hydrogen) atoms. The second kappa shape index (κ2) is 7.05. The van der Waals surface area contributed by atoms with E-state index in [9.17, 15) is 4.79 Å². The van der Waals surface area contributed by atoms with Gasteiger partial charge in [0.1, 0.15) is 0 Å². The Kier molecular flexibility index (Phi) is 4.98. The summed E-state index contributed by atoms with van der Waals surface area (Å²) in [4.78, 5) is 19.2. The number of likely N-dealkylation sites (tertiary alicyclic amines) is 1. The first-order chi connectivity index (χ1) is 12.0. The van der Waals surface area contributed by atoms with Crippen LogP contribution in [0.25, 0.3) is 5.65 Å². The van der Waals surface area contributed by atoms with Crippen molar-refractivity contribution < 1.29 is 4.79 Å². The fraction of sp³-hybridized carbons (Fsp3) is 0.316. The Morgan fingerprint density at radius 2 is 1.92 bits per heavy atom. The summed E-state index contributed by atoms with van der Waals surface area (Å²) in [7, 11) is 0. The van der Waals surface area contributed by atoms with Gasteiger partial charge >= 0.3 is 0 Å². The van der Waals surface area contributed by atoms with Crippen LogP contribution in [0.5, 0.6) is 0 Å². The first-order valence-electron chi connectivity index (χ1n) is 8.46. The number of aryl methyl sites for hydroxylation is 2. The maximum Gasteiger partial charge on any atom is 0.257 e. The number of rotatable bonds is 2. The SMILES string of the molecule is Cc1cc2ncc(C(=O)N3C[C@@H](N)[C@H](c4ccccc4)C3)c(C)n2n1.Cl. The normalized spacial score (nSPS) is 19.6. The second-order valence-corrected chi connectivity index (χ2v) is 6.70. The van der Waals surface area contributed by atoms with Crippen molar-refractivity contribution in [2.45, 2.75) is 25.8 Å². The van der Waals surface area contributed by atoms with Crippen LogP contribution in [0, 0.1) is 13.8 Å². The van der Waals surface area contributed by atoms with E-state index in [2.05, 4.69) is 22.2 Å². The zero-order valence-corrected chi connectivity index (χ0v) is 15.6. The van der Waals surface area contributed by atoms with Gasteiger partial charge in [0.05, 0.1) is 17.0 Å². The highest BCUT2D eigenvalue weighted by molar-refractivity contribution is 5.95. The summed E-state index contributed by atoms with van der Waals surface area (Å²) in [5.41, 5.74) is 10.5. The maximum absolute atomic E-state index is 13.0. The number of amides is 1. The molecule has 7 heteroatoms. The zero-order valence-electron chi connectivity index (χ0n) is 14.8. The second-order valence-electron chi connectivity index (χ2n) is 6.70. The third-order valence-corrected chi connectivity index (χ3v) is 4.96. The van der Waals surface area contributed by atoms with Crippen molar-refractivity contribution in [1.29, 1.82) is 0 Å². The monoisotopic (exact) mass is 371 g/mol. The lowest BCUT2D eigenvalue weighted by molar-refractivity contribution is 0.0787. The van der Waals surface area contributed by atoms with E-state index >= 15 is 0 Å². The number of hydrogen-bond donors (Lipinski definition) is 1. The molecule has 4 rings (SSSR count). The molecule has 136 valence electrons. The Balaban J connectivity index is 0.00000196. The highest BCUT2D eigenvalue weighted by Crippen LogP contribution is 2.27. The summed E-state index contributed by atoms with van der Waals surface area (Å²) in [5, 5.41) is 4.42. The third kappa shape index (κ3) is 3.06. The average molecular weight is 372 g/mol. The molecule has 1 aliphatic rings. The van der Waals surface area contributed by atoms with E-state index in [-0.39, 0.29) is 30.3 Å². The molecule has 0 spiro atoms. The van der Waals surface area contributed by atoms with Gasteiger partial charge in [-0.15, -0.1) is 12.4 Å². The predicted molar refractivity (Wildman–Crippen MR) is 103 cm³/mol. The Labute approximate surface area is 158 Å². The van der Waals surface area contributed by atoms with Gasteiger partial charge in [-0.25, -0.2) is 9.50 Å². The molecule has 3 heterocycles. The van der Waals surface area contributed by atoms with Crippen molar-refractivity contribution in [3.63, 3.8) is 0 Å². The van der Waals surface area contributed by atoms with Gasteiger partial charge in [0, 0.05) is 37.3 Å². The van der Waals surface area contributed by atoms with Crippen molar-refractivity contribution in [2.75, 3.05) is 13.1 Å². The fourth-order valence-corrected chi connectivity index (χ4v) is 3.59. The Hall–Kier alpha value is -2.44. The van der Waals surface area contributed by atoms with Crippen LogP contribution in [0.3, 0.4) is 0 Å². The zero-order chi connectivity index (χ0) is 17.6. The number of nitrogens with two attached hydrogens (primary N) is 1. The van der Waals surface area contributed by atoms with Crippen LogP contribution >= 0.6 is 12.4 Å². The molecule has 1 aromatic carbocycles. The van der Waals surface area contributed by atoms with Crippen LogP contribution in [0.2, 0.25) is 0 Å². The molecule has 2 N–H and O–H groups in total. The fourth-order valence-electron chi connectivity index (χ4n) is 3.59. The van der Waals surface area contributed by atoms with Crippen molar-refractivity contribution in [1.82, 2.24) is 19.5 Å². The van der Waals surface area contributed by atoms with Crippen LogP contribution in [-0.2, 0) is 0 Å². The summed E-state index contributed by atoms with van der Waals surface area (Å²) in [6.45, 7) is 4.99. The summed E-state index contributed by atoms with van der Waals surface area (Å²) < 4.78 is 1.73. The molecule has 0 radical (unpaired) electrons.